The van der Waals surface area contributed by atoms with Gasteiger partial charge in [0.1, 0.15) is 5.75 Å². The smallest absolute Gasteiger partial charge is 0.241 e. The monoisotopic (exact) mass is 349 g/mol. The Morgan fingerprint density at radius 3 is 2.77 bits per heavy atom. The number of halogens is 2. The molecule has 0 aliphatic rings. The predicted octanol–water partition coefficient (Wildman–Crippen LogP) is 1.06. The van der Waals surface area contributed by atoms with Crippen LogP contribution in [-0.4, -0.2) is 50.0 Å². The summed E-state index contributed by atoms with van der Waals surface area (Å²) in [7, 11) is 1.68. The van der Waals surface area contributed by atoms with Crippen molar-refractivity contribution < 1.29 is 14.3 Å². The third-order valence-electron chi connectivity index (χ3n) is 2.75. The average Bonchev–Trinajstić information content (AvgIpc) is 2.48. The van der Waals surface area contributed by atoms with Gasteiger partial charge in [0.25, 0.3) is 0 Å². The van der Waals surface area contributed by atoms with E-state index in [9.17, 15) is 9.59 Å². The van der Waals surface area contributed by atoms with E-state index < -0.39 is 0 Å². The highest BCUT2D eigenvalue weighted by Gasteiger charge is 2.09. The summed E-state index contributed by atoms with van der Waals surface area (Å²) in [5, 5.41) is 3.06. The minimum absolute atomic E-state index is 0. The van der Waals surface area contributed by atoms with E-state index in [4.69, 9.17) is 22.1 Å². The molecular formula is C14H21Cl2N3O3. The molecule has 1 aromatic rings. The van der Waals surface area contributed by atoms with E-state index in [2.05, 4.69) is 5.32 Å². The molecule has 0 aliphatic heterocycles. The molecule has 124 valence electrons. The van der Waals surface area contributed by atoms with Crippen molar-refractivity contribution in [1.82, 2.24) is 10.2 Å². The molecule has 0 aromatic heterocycles. The number of nitrogens with two attached hydrogens (primary N) is 1. The van der Waals surface area contributed by atoms with E-state index in [0.29, 0.717) is 30.3 Å². The maximum Gasteiger partial charge on any atom is 0.241 e. The van der Waals surface area contributed by atoms with Crippen molar-refractivity contribution in [2.24, 2.45) is 5.73 Å². The summed E-state index contributed by atoms with van der Waals surface area (Å²) in [5.74, 6) is 0.187. The predicted molar refractivity (Wildman–Crippen MR) is 88.5 cm³/mol. The summed E-state index contributed by atoms with van der Waals surface area (Å²) in [4.78, 5) is 24.2. The Bertz CT molecular complexity index is 486. The third-order valence-corrected chi connectivity index (χ3v) is 2.99. The molecule has 0 heterocycles. The lowest BCUT2D eigenvalue weighted by molar-refractivity contribution is -0.131. The van der Waals surface area contributed by atoms with Gasteiger partial charge in [0.15, 0.2) is 0 Å². The fourth-order valence-corrected chi connectivity index (χ4v) is 1.73. The molecule has 0 unspecified atom stereocenters. The molecular weight excluding hydrogens is 329 g/mol. The molecule has 22 heavy (non-hydrogen) atoms. The summed E-state index contributed by atoms with van der Waals surface area (Å²) in [6.45, 7) is 0.858. The first-order chi connectivity index (χ1) is 10.0. The van der Waals surface area contributed by atoms with E-state index in [1.165, 1.54) is 4.90 Å². The van der Waals surface area contributed by atoms with Gasteiger partial charge in [-0.25, -0.2) is 0 Å². The van der Waals surface area contributed by atoms with Crippen molar-refractivity contribution >= 4 is 35.8 Å². The lowest BCUT2D eigenvalue weighted by Gasteiger charge is -2.17. The van der Waals surface area contributed by atoms with E-state index in [0.717, 1.165) is 0 Å². The van der Waals surface area contributed by atoms with Crippen molar-refractivity contribution in [1.29, 1.82) is 0 Å². The number of benzene rings is 1. The molecule has 1 rings (SSSR count). The number of rotatable bonds is 8. The van der Waals surface area contributed by atoms with Gasteiger partial charge in [-0.15, -0.1) is 12.4 Å². The minimum Gasteiger partial charge on any atom is -0.493 e. The van der Waals surface area contributed by atoms with E-state index in [1.54, 1.807) is 19.2 Å². The van der Waals surface area contributed by atoms with Crippen molar-refractivity contribution in [3.63, 3.8) is 0 Å². The van der Waals surface area contributed by atoms with Crippen LogP contribution in [0.25, 0.3) is 0 Å². The van der Waals surface area contributed by atoms with Crippen LogP contribution in [0.15, 0.2) is 24.3 Å². The second kappa shape index (κ2) is 11.1. The van der Waals surface area contributed by atoms with Crippen molar-refractivity contribution in [3.05, 3.63) is 29.3 Å². The fourth-order valence-electron chi connectivity index (χ4n) is 1.55. The molecule has 0 spiro atoms. The maximum atomic E-state index is 11.7. The zero-order chi connectivity index (χ0) is 15.7. The van der Waals surface area contributed by atoms with Crippen LogP contribution in [0.2, 0.25) is 5.02 Å². The number of nitrogens with one attached hydrogen (secondary N) is 1. The third kappa shape index (κ3) is 8.07. The molecule has 0 aliphatic carbocycles. The molecule has 0 bridgehead atoms. The second-order valence-electron chi connectivity index (χ2n) is 4.46. The van der Waals surface area contributed by atoms with Gasteiger partial charge < -0.3 is 20.7 Å². The van der Waals surface area contributed by atoms with E-state index in [1.807, 2.05) is 12.1 Å². The molecule has 2 amide bonds. The number of ether oxygens (including phenoxy) is 1. The fraction of sp³-hybridized carbons (Fsp3) is 0.429. The number of amides is 2. The lowest BCUT2D eigenvalue weighted by atomic mass is 10.3. The summed E-state index contributed by atoms with van der Waals surface area (Å²) >= 11 is 5.85. The summed E-state index contributed by atoms with van der Waals surface area (Å²) in [6.07, 6.45) is 0.680. The summed E-state index contributed by atoms with van der Waals surface area (Å²) in [6, 6.07) is 7.14. The molecule has 6 nitrogen and oxygen atoms in total. The maximum absolute atomic E-state index is 11.7. The van der Waals surface area contributed by atoms with Crippen molar-refractivity contribution in [3.8, 4) is 5.75 Å². The van der Waals surface area contributed by atoms with Gasteiger partial charge in [0.2, 0.25) is 11.8 Å². The molecule has 0 saturated carbocycles. The van der Waals surface area contributed by atoms with Gasteiger partial charge in [0, 0.05) is 18.6 Å². The van der Waals surface area contributed by atoms with E-state index in [-0.39, 0.29) is 37.3 Å². The first-order valence-corrected chi connectivity index (χ1v) is 7.00. The largest absolute Gasteiger partial charge is 0.493 e. The number of carbonyl (C=O) groups is 2. The van der Waals surface area contributed by atoms with Crippen LogP contribution >= 0.6 is 24.0 Å². The highest BCUT2D eigenvalue weighted by atomic mass is 35.5. The molecule has 0 radical (unpaired) electrons. The molecule has 0 fully saturated rings. The van der Waals surface area contributed by atoms with Crippen LogP contribution in [0.1, 0.15) is 6.42 Å². The Morgan fingerprint density at radius 1 is 1.41 bits per heavy atom. The molecule has 8 heteroatoms. The minimum atomic E-state index is -0.346. The van der Waals surface area contributed by atoms with Gasteiger partial charge in [-0.2, -0.15) is 0 Å². The van der Waals surface area contributed by atoms with Crippen molar-refractivity contribution in [2.75, 3.05) is 33.3 Å². The molecule has 3 N–H and O–H groups in total. The van der Waals surface area contributed by atoms with Gasteiger partial charge in [-0.3, -0.25) is 9.59 Å². The van der Waals surface area contributed by atoms with Crippen LogP contribution < -0.4 is 15.8 Å². The average molecular weight is 350 g/mol. The number of nitrogens with zero attached hydrogens (tertiary/aromatic N) is 1. The lowest BCUT2D eigenvalue weighted by Crippen LogP contribution is -2.40. The van der Waals surface area contributed by atoms with Crippen LogP contribution in [0, 0.1) is 0 Å². The quantitative estimate of drug-likeness (QED) is 0.687. The highest BCUT2D eigenvalue weighted by molar-refractivity contribution is 6.30. The molecule has 1 aromatic carbocycles. The van der Waals surface area contributed by atoms with Crippen LogP contribution in [0.3, 0.4) is 0 Å². The highest BCUT2D eigenvalue weighted by Crippen LogP contribution is 2.17. The van der Waals surface area contributed by atoms with Gasteiger partial charge in [-0.1, -0.05) is 17.7 Å². The normalized spacial score (nSPS) is 9.59. The van der Waals surface area contributed by atoms with Gasteiger partial charge >= 0.3 is 0 Å². The van der Waals surface area contributed by atoms with E-state index >= 15 is 0 Å². The number of hydrogen-bond donors (Lipinski definition) is 2. The SMILES string of the molecule is CN(CCCOc1cccc(Cl)c1)C(=O)CNC(=O)CN.Cl. The Labute approximate surface area is 141 Å². The molecule has 0 saturated heterocycles. The van der Waals surface area contributed by atoms with Gasteiger partial charge in [-0.05, 0) is 24.6 Å². The second-order valence-corrected chi connectivity index (χ2v) is 4.89. The number of hydrogen-bond acceptors (Lipinski definition) is 4. The van der Waals surface area contributed by atoms with Gasteiger partial charge in [0.05, 0.1) is 19.7 Å². The summed E-state index contributed by atoms with van der Waals surface area (Å²) in [5.41, 5.74) is 5.14. The molecule has 0 atom stereocenters. The number of likely N-dealkylation sites (N-methyl/N-ethyl adjacent to an activating group) is 1. The Morgan fingerprint density at radius 2 is 2.14 bits per heavy atom. The zero-order valence-corrected chi connectivity index (χ0v) is 14.0. The summed E-state index contributed by atoms with van der Waals surface area (Å²) < 4.78 is 5.52. The zero-order valence-electron chi connectivity index (χ0n) is 12.4. The standard InChI is InChI=1S/C14H20ClN3O3.ClH/c1-18(14(20)10-17-13(19)9-16)6-3-7-21-12-5-2-4-11(15)8-12;/h2,4-5,8H,3,6-7,9-10,16H2,1H3,(H,17,19);1H. The van der Waals surface area contributed by atoms with Crippen molar-refractivity contribution in [2.45, 2.75) is 6.42 Å². The van der Waals surface area contributed by atoms with Crippen LogP contribution in [0.4, 0.5) is 0 Å². The Hall–Kier alpha value is -1.50. The first kappa shape index (κ1) is 20.5. The first-order valence-electron chi connectivity index (χ1n) is 6.62. The topological polar surface area (TPSA) is 84.7 Å². The Balaban J connectivity index is 0.00000441. The Kier molecular flexibility index (Phi) is 10.4. The number of carbonyl (C=O) groups excluding carboxylic acids is 2. The van der Waals surface area contributed by atoms with Crippen LogP contribution in [-0.2, 0) is 9.59 Å². The van der Waals surface area contributed by atoms with Crippen LogP contribution in [0.5, 0.6) is 5.75 Å².